The van der Waals surface area contributed by atoms with Crippen molar-refractivity contribution in [2.75, 3.05) is 6.61 Å². The van der Waals surface area contributed by atoms with Gasteiger partial charge >= 0.3 is 0 Å². The van der Waals surface area contributed by atoms with Gasteiger partial charge in [0.2, 0.25) is 0 Å². The van der Waals surface area contributed by atoms with Crippen LogP contribution in [0.3, 0.4) is 0 Å². The summed E-state index contributed by atoms with van der Waals surface area (Å²) in [6.45, 7) is 2.47. The number of aliphatic hydroxyl groups excluding tert-OH is 9. The Labute approximate surface area is 183 Å². The van der Waals surface area contributed by atoms with E-state index in [2.05, 4.69) is 0 Å². The number of hydrogen-bond acceptors (Lipinski definition) is 14. The van der Waals surface area contributed by atoms with E-state index >= 15 is 0 Å². The Morgan fingerprint density at radius 3 is 1.78 bits per heavy atom. The summed E-state index contributed by atoms with van der Waals surface area (Å²) in [5, 5.41) is 89.4. The van der Waals surface area contributed by atoms with Crippen LogP contribution in [0.25, 0.3) is 0 Å². The van der Waals surface area contributed by atoms with Crippen LogP contribution in [0.15, 0.2) is 0 Å². The molecule has 0 amide bonds. The number of aliphatic hydroxyl groups is 9. The number of rotatable bonds is 5. The highest BCUT2D eigenvalue weighted by Gasteiger charge is 2.50. The molecule has 0 saturated carbocycles. The molecule has 0 aliphatic carbocycles. The minimum Gasteiger partial charge on any atom is -0.388 e. The van der Waals surface area contributed by atoms with Crippen molar-refractivity contribution in [3.05, 3.63) is 0 Å². The highest BCUT2D eigenvalue weighted by atomic mass is 16.7. The van der Waals surface area contributed by atoms with Gasteiger partial charge in [0, 0.05) is 0 Å². The molecule has 0 aromatic carbocycles. The average Bonchev–Trinajstić information content (AvgIpc) is 2.76. The fourth-order valence-corrected chi connectivity index (χ4v) is 3.87. The summed E-state index contributed by atoms with van der Waals surface area (Å²) in [6, 6.07) is 0. The molecule has 0 unspecified atom stereocenters. The predicted octanol–water partition coefficient (Wildman–Crippen LogP) is -5.52. The Kier molecular flexibility index (Phi) is 8.44. The lowest BCUT2D eigenvalue weighted by Crippen LogP contribution is -2.63. The molecule has 0 aromatic rings. The topological polar surface area (TPSA) is 228 Å². The summed E-state index contributed by atoms with van der Waals surface area (Å²) >= 11 is 0. The van der Waals surface area contributed by atoms with Crippen LogP contribution in [0.2, 0.25) is 0 Å². The van der Waals surface area contributed by atoms with Gasteiger partial charge in [0.15, 0.2) is 18.9 Å². The van der Waals surface area contributed by atoms with E-state index in [-0.39, 0.29) is 0 Å². The SMILES string of the molecule is C[C@@H]1O[C@@H](O[C@@H]2[C@@H](O)[C@@H](O)[C@H](OC[C@H]3O[C@@H](O)[C@H](O)[C@@H](O)[C@@H]3O)O[C@H]2C)[C@H](O)[C@H](O)[C@H]1O. The summed E-state index contributed by atoms with van der Waals surface area (Å²) in [5.74, 6) is 0. The lowest BCUT2D eigenvalue weighted by molar-refractivity contribution is -0.357. The molecule has 3 rings (SSSR count). The van der Waals surface area contributed by atoms with E-state index in [0.29, 0.717) is 0 Å². The zero-order valence-electron chi connectivity index (χ0n) is 17.4. The van der Waals surface area contributed by atoms with Gasteiger partial charge in [0.05, 0.1) is 18.8 Å². The molecule has 3 saturated heterocycles. The predicted molar refractivity (Wildman–Crippen MR) is 98.4 cm³/mol. The van der Waals surface area contributed by atoms with Crippen LogP contribution in [-0.4, -0.2) is 145 Å². The second kappa shape index (κ2) is 10.4. The molecular formula is C18H32O14. The Balaban J connectivity index is 1.58. The molecule has 3 aliphatic rings. The molecule has 0 radical (unpaired) electrons. The van der Waals surface area contributed by atoms with E-state index in [1.807, 2.05) is 0 Å². The van der Waals surface area contributed by atoms with E-state index in [1.165, 1.54) is 13.8 Å². The van der Waals surface area contributed by atoms with Gasteiger partial charge in [-0.15, -0.1) is 0 Å². The molecule has 32 heavy (non-hydrogen) atoms. The maximum absolute atomic E-state index is 10.5. The largest absolute Gasteiger partial charge is 0.388 e. The van der Waals surface area contributed by atoms with Crippen LogP contribution in [0.4, 0.5) is 0 Å². The van der Waals surface area contributed by atoms with Gasteiger partial charge in [0.1, 0.15) is 61.0 Å². The van der Waals surface area contributed by atoms with Crippen molar-refractivity contribution in [3.63, 3.8) is 0 Å². The van der Waals surface area contributed by atoms with Crippen LogP contribution in [0, 0.1) is 0 Å². The second-order valence-corrected chi connectivity index (χ2v) is 8.34. The maximum atomic E-state index is 10.5. The van der Waals surface area contributed by atoms with Crippen molar-refractivity contribution in [1.29, 1.82) is 0 Å². The molecule has 3 fully saturated rings. The molecular weight excluding hydrogens is 440 g/mol. The maximum Gasteiger partial charge on any atom is 0.187 e. The van der Waals surface area contributed by atoms with E-state index in [1.54, 1.807) is 0 Å². The lowest BCUT2D eigenvalue weighted by atomic mass is 9.97. The fourth-order valence-electron chi connectivity index (χ4n) is 3.87. The first-order chi connectivity index (χ1) is 14.9. The summed E-state index contributed by atoms with van der Waals surface area (Å²) in [7, 11) is 0. The van der Waals surface area contributed by atoms with Crippen LogP contribution in [0.1, 0.15) is 13.8 Å². The highest BCUT2D eigenvalue weighted by molar-refractivity contribution is 4.93. The highest BCUT2D eigenvalue weighted by Crippen LogP contribution is 2.30. The molecule has 3 aliphatic heterocycles. The minimum absolute atomic E-state index is 0.471. The molecule has 15 atom stereocenters. The standard InChI is InChI=1S/C18H32O14/c1-4-7(19)9(21)13(25)18(29-4)32-15-5(2)30-17(14(26)11(15)23)28-3-6-8(20)10(22)12(24)16(27)31-6/h4-27H,3H2,1-2H3/t4-,5-,6+,7-,8+,9+,10-,11-,12+,13+,14+,15-,16+,17+,18-/m0/s1. The second-order valence-electron chi connectivity index (χ2n) is 8.34. The van der Waals surface area contributed by atoms with Gasteiger partial charge in [-0.25, -0.2) is 0 Å². The van der Waals surface area contributed by atoms with Crippen LogP contribution in [0.5, 0.6) is 0 Å². The summed E-state index contributed by atoms with van der Waals surface area (Å²) < 4.78 is 26.7. The molecule has 0 spiro atoms. The zero-order valence-corrected chi connectivity index (χ0v) is 17.4. The first-order valence-corrected chi connectivity index (χ1v) is 10.3. The first-order valence-electron chi connectivity index (χ1n) is 10.3. The van der Waals surface area contributed by atoms with Crippen molar-refractivity contribution in [2.24, 2.45) is 0 Å². The molecule has 14 nitrogen and oxygen atoms in total. The lowest BCUT2D eigenvalue weighted by Gasteiger charge is -2.45. The van der Waals surface area contributed by atoms with Crippen molar-refractivity contribution >= 4 is 0 Å². The van der Waals surface area contributed by atoms with Gasteiger partial charge in [-0.3, -0.25) is 0 Å². The molecule has 14 heteroatoms. The van der Waals surface area contributed by atoms with Crippen LogP contribution < -0.4 is 0 Å². The van der Waals surface area contributed by atoms with E-state index in [4.69, 9.17) is 23.7 Å². The average molecular weight is 472 g/mol. The van der Waals surface area contributed by atoms with Gasteiger partial charge < -0.3 is 69.6 Å². The fraction of sp³-hybridized carbons (Fsp3) is 1.00. The number of ether oxygens (including phenoxy) is 5. The van der Waals surface area contributed by atoms with E-state index in [0.717, 1.165) is 0 Å². The van der Waals surface area contributed by atoms with E-state index in [9.17, 15) is 46.0 Å². The zero-order chi connectivity index (χ0) is 23.9. The normalized spacial score (nSPS) is 55.0. The Hall–Kier alpha value is -0.560. The van der Waals surface area contributed by atoms with Crippen molar-refractivity contribution < 1.29 is 69.6 Å². The third-order valence-corrected chi connectivity index (χ3v) is 5.99. The summed E-state index contributed by atoms with van der Waals surface area (Å²) in [6.07, 6.45) is -21.6. The summed E-state index contributed by atoms with van der Waals surface area (Å²) in [5.41, 5.74) is 0. The monoisotopic (exact) mass is 472 g/mol. The minimum atomic E-state index is -1.76. The van der Waals surface area contributed by atoms with Crippen molar-refractivity contribution in [3.8, 4) is 0 Å². The molecule has 188 valence electrons. The molecule has 9 N–H and O–H groups in total. The van der Waals surface area contributed by atoms with Crippen molar-refractivity contribution in [2.45, 2.75) is 106 Å². The van der Waals surface area contributed by atoms with Crippen LogP contribution in [-0.2, 0) is 23.7 Å². The summed E-state index contributed by atoms with van der Waals surface area (Å²) in [4.78, 5) is 0. The Morgan fingerprint density at radius 1 is 0.562 bits per heavy atom. The van der Waals surface area contributed by atoms with Gasteiger partial charge in [-0.1, -0.05) is 0 Å². The van der Waals surface area contributed by atoms with Crippen LogP contribution >= 0.6 is 0 Å². The quantitative estimate of drug-likeness (QED) is 0.182. The van der Waals surface area contributed by atoms with Gasteiger partial charge in [0.25, 0.3) is 0 Å². The molecule has 0 aromatic heterocycles. The third-order valence-electron chi connectivity index (χ3n) is 5.99. The van der Waals surface area contributed by atoms with Gasteiger partial charge in [-0.05, 0) is 13.8 Å². The van der Waals surface area contributed by atoms with E-state index < -0.39 is 98.7 Å². The Morgan fingerprint density at radius 2 is 1.12 bits per heavy atom. The van der Waals surface area contributed by atoms with Crippen molar-refractivity contribution in [1.82, 2.24) is 0 Å². The molecule has 3 heterocycles. The number of hydrogen-bond donors (Lipinski definition) is 9. The Bertz CT molecular complexity index is 608. The third kappa shape index (κ3) is 5.08. The molecule has 0 bridgehead atoms. The smallest absolute Gasteiger partial charge is 0.187 e. The van der Waals surface area contributed by atoms with Gasteiger partial charge in [-0.2, -0.15) is 0 Å². The first kappa shape index (κ1) is 26.1.